The highest BCUT2D eigenvalue weighted by molar-refractivity contribution is 6.39. The summed E-state index contributed by atoms with van der Waals surface area (Å²) in [4.78, 5) is 32.9. The van der Waals surface area contributed by atoms with E-state index in [9.17, 15) is 9.59 Å². The molecule has 1 atom stereocenters. The molecular formula is C23H25N3O3. The molecule has 6 heteroatoms. The molecule has 2 aliphatic heterocycles. The third-order valence-electron chi connectivity index (χ3n) is 5.52. The summed E-state index contributed by atoms with van der Waals surface area (Å²) in [6.45, 7) is 3.61. The fourth-order valence-electron chi connectivity index (χ4n) is 3.89. The van der Waals surface area contributed by atoms with Crippen LogP contribution in [0.1, 0.15) is 40.7 Å². The maximum Gasteiger partial charge on any atom is 0.269 e. The Balaban J connectivity index is 1.35. The van der Waals surface area contributed by atoms with E-state index in [4.69, 9.17) is 4.84 Å². The van der Waals surface area contributed by atoms with E-state index in [0.29, 0.717) is 37.3 Å². The lowest BCUT2D eigenvalue weighted by atomic mass is 9.87. The lowest BCUT2D eigenvalue weighted by molar-refractivity contribution is -0.115. The molecule has 6 nitrogen and oxygen atoms in total. The van der Waals surface area contributed by atoms with Gasteiger partial charge in [-0.05, 0) is 37.5 Å². The van der Waals surface area contributed by atoms with Crippen LogP contribution in [0, 0.1) is 6.92 Å². The monoisotopic (exact) mass is 391 g/mol. The molecule has 2 aliphatic rings. The third kappa shape index (κ3) is 4.31. The van der Waals surface area contributed by atoms with E-state index in [1.165, 1.54) is 5.56 Å². The molecule has 1 spiro atoms. The number of aryl methyl sites for hydroxylation is 1. The molecule has 1 N–H and O–H groups in total. The molecule has 2 heterocycles. The second-order valence-electron chi connectivity index (χ2n) is 7.85. The van der Waals surface area contributed by atoms with Crippen molar-refractivity contribution in [1.29, 1.82) is 0 Å². The minimum Gasteiger partial charge on any atom is -0.386 e. The molecule has 0 aliphatic carbocycles. The lowest BCUT2D eigenvalue weighted by Gasteiger charge is -2.38. The molecule has 2 amide bonds. The molecule has 4 rings (SSSR count). The Labute approximate surface area is 170 Å². The van der Waals surface area contributed by atoms with Crippen LogP contribution in [0.25, 0.3) is 0 Å². The van der Waals surface area contributed by atoms with E-state index in [-0.39, 0.29) is 11.8 Å². The predicted molar refractivity (Wildman–Crippen MR) is 110 cm³/mol. The first kappa shape index (κ1) is 19.2. The van der Waals surface area contributed by atoms with Crippen molar-refractivity contribution in [2.45, 2.75) is 38.3 Å². The Morgan fingerprint density at radius 2 is 1.90 bits per heavy atom. The summed E-state index contributed by atoms with van der Waals surface area (Å²) in [5.74, 6) is -0.223. The normalized spacial score (nSPS) is 20.9. The lowest BCUT2D eigenvalue weighted by Crippen LogP contribution is -2.51. The van der Waals surface area contributed by atoms with Crippen molar-refractivity contribution >= 4 is 17.5 Å². The first-order valence-electron chi connectivity index (χ1n) is 9.98. The van der Waals surface area contributed by atoms with Crippen molar-refractivity contribution in [3.63, 3.8) is 0 Å². The molecule has 1 saturated heterocycles. The fourth-order valence-corrected chi connectivity index (χ4v) is 3.89. The molecular weight excluding hydrogens is 366 g/mol. The number of rotatable bonds is 4. The summed E-state index contributed by atoms with van der Waals surface area (Å²) in [5, 5.41) is 6.98. The number of hydrogen-bond acceptors (Lipinski definition) is 4. The average Bonchev–Trinajstić information content (AvgIpc) is 3.16. The van der Waals surface area contributed by atoms with Crippen molar-refractivity contribution in [1.82, 2.24) is 10.2 Å². The standard InChI is InChI=1S/C23H25N3O3/c1-17-8-10-18(11-9-17)15-24-21(27)20-14-23(29-25-20)12-5-13-26(16-23)22(28)19-6-3-2-4-7-19/h2-4,6-11H,5,12-16H2,1H3,(H,24,27). The number of piperidine rings is 1. The summed E-state index contributed by atoms with van der Waals surface area (Å²) in [6.07, 6.45) is 2.03. The van der Waals surface area contributed by atoms with Gasteiger partial charge >= 0.3 is 0 Å². The number of carbonyl (C=O) groups excluding carboxylic acids is 2. The summed E-state index contributed by atoms with van der Waals surface area (Å²) in [7, 11) is 0. The number of hydrogen-bond donors (Lipinski definition) is 1. The van der Waals surface area contributed by atoms with Crippen LogP contribution in [0.4, 0.5) is 0 Å². The SMILES string of the molecule is Cc1ccc(CNC(=O)C2=NOC3(CCCN(C(=O)c4ccccc4)C3)C2)cc1. The van der Waals surface area contributed by atoms with Gasteiger partial charge in [-0.3, -0.25) is 9.59 Å². The van der Waals surface area contributed by atoms with Gasteiger partial charge in [-0.1, -0.05) is 53.2 Å². The van der Waals surface area contributed by atoms with E-state index in [0.717, 1.165) is 18.4 Å². The van der Waals surface area contributed by atoms with Crippen LogP contribution in [-0.4, -0.2) is 41.1 Å². The molecule has 2 aromatic carbocycles. The zero-order valence-corrected chi connectivity index (χ0v) is 16.6. The molecule has 150 valence electrons. The van der Waals surface area contributed by atoms with Gasteiger partial charge in [0.25, 0.3) is 11.8 Å². The van der Waals surface area contributed by atoms with Crippen molar-refractivity contribution in [3.8, 4) is 0 Å². The van der Waals surface area contributed by atoms with Gasteiger partial charge in [-0.25, -0.2) is 0 Å². The Morgan fingerprint density at radius 3 is 2.66 bits per heavy atom. The number of nitrogens with zero attached hydrogens (tertiary/aromatic N) is 2. The van der Waals surface area contributed by atoms with Gasteiger partial charge in [0.05, 0.1) is 6.54 Å². The van der Waals surface area contributed by atoms with Crippen LogP contribution in [0.5, 0.6) is 0 Å². The maximum absolute atomic E-state index is 12.8. The minimum absolute atomic E-state index is 0.00875. The highest BCUT2D eigenvalue weighted by atomic mass is 16.7. The molecule has 1 unspecified atom stereocenters. The van der Waals surface area contributed by atoms with Crippen LogP contribution in [0.15, 0.2) is 59.8 Å². The Hall–Kier alpha value is -3.15. The summed E-state index contributed by atoms with van der Waals surface area (Å²) < 4.78 is 0. The Morgan fingerprint density at radius 1 is 1.14 bits per heavy atom. The largest absolute Gasteiger partial charge is 0.386 e. The van der Waals surface area contributed by atoms with E-state index < -0.39 is 5.60 Å². The second-order valence-corrected chi connectivity index (χ2v) is 7.85. The topological polar surface area (TPSA) is 71.0 Å². The van der Waals surface area contributed by atoms with Crippen molar-refractivity contribution in [2.75, 3.05) is 13.1 Å². The number of benzene rings is 2. The van der Waals surface area contributed by atoms with Crippen molar-refractivity contribution < 1.29 is 14.4 Å². The molecule has 0 saturated carbocycles. The molecule has 2 aromatic rings. The minimum atomic E-state index is -0.598. The zero-order chi connectivity index (χ0) is 20.3. The van der Waals surface area contributed by atoms with Gasteiger partial charge in [-0.15, -0.1) is 0 Å². The Bertz CT molecular complexity index is 924. The highest BCUT2D eigenvalue weighted by Gasteiger charge is 2.45. The quantitative estimate of drug-likeness (QED) is 0.871. The van der Waals surface area contributed by atoms with Crippen LogP contribution in [-0.2, 0) is 16.2 Å². The second kappa shape index (κ2) is 8.07. The Kier molecular flexibility index (Phi) is 5.34. The highest BCUT2D eigenvalue weighted by Crippen LogP contribution is 2.34. The first-order valence-corrected chi connectivity index (χ1v) is 9.98. The maximum atomic E-state index is 12.8. The van der Waals surface area contributed by atoms with Gasteiger partial charge in [0.15, 0.2) is 5.60 Å². The third-order valence-corrected chi connectivity index (χ3v) is 5.52. The van der Waals surface area contributed by atoms with E-state index in [1.807, 2.05) is 66.4 Å². The van der Waals surface area contributed by atoms with E-state index in [1.54, 1.807) is 0 Å². The fraction of sp³-hybridized carbons (Fsp3) is 0.348. The molecule has 0 aromatic heterocycles. The molecule has 1 fully saturated rings. The molecule has 29 heavy (non-hydrogen) atoms. The van der Waals surface area contributed by atoms with Crippen LogP contribution < -0.4 is 5.32 Å². The average molecular weight is 391 g/mol. The van der Waals surface area contributed by atoms with Crippen molar-refractivity contribution in [3.05, 3.63) is 71.3 Å². The number of carbonyl (C=O) groups is 2. The predicted octanol–water partition coefficient (Wildman–Crippen LogP) is 3.06. The summed E-state index contributed by atoms with van der Waals surface area (Å²) in [5.41, 5.74) is 2.68. The van der Waals surface area contributed by atoms with Gasteiger partial charge in [0.2, 0.25) is 0 Å². The number of oxime groups is 1. The van der Waals surface area contributed by atoms with Crippen LogP contribution in [0.3, 0.4) is 0 Å². The molecule has 0 bridgehead atoms. The summed E-state index contributed by atoms with van der Waals surface area (Å²) >= 11 is 0. The van der Waals surface area contributed by atoms with E-state index >= 15 is 0 Å². The van der Waals surface area contributed by atoms with Gasteiger partial charge in [-0.2, -0.15) is 0 Å². The van der Waals surface area contributed by atoms with Gasteiger partial charge < -0.3 is 15.1 Å². The van der Waals surface area contributed by atoms with E-state index in [2.05, 4.69) is 10.5 Å². The smallest absolute Gasteiger partial charge is 0.269 e. The summed E-state index contributed by atoms with van der Waals surface area (Å²) in [6, 6.07) is 17.3. The zero-order valence-electron chi connectivity index (χ0n) is 16.6. The van der Waals surface area contributed by atoms with Gasteiger partial charge in [0.1, 0.15) is 5.71 Å². The van der Waals surface area contributed by atoms with Crippen molar-refractivity contribution in [2.24, 2.45) is 5.16 Å². The van der Waals surface area contributed by atoms with Gasteiger partial charge in [0, 0.05) is 25.1 Å². The van der Waals surface area contributed by atoms with Crippen LogP contribution >= 0.6 is 0 Å². The number of likely N-dealkylation sites (tertiary alicyclic amines) is 1. The first-order chi connectivity index (χ1) is 14.0. The number of amides is 2. The molecule has 0 radical (unpaired) electrons. The van der Waals surface area contributed by atoms with Crippen LogP contribution in [0.2, 0.25) is 0 Å². The number of nitrogens with one attached hydrogen (secondary N) is 1.